The number of aliphatic imine (C=N–C) groups is 1. The summed E-state index contributed by atoms with van der Waals surface area (Å²) < 4.78 is 21.7. The van der Waals surface area contributed by atoms with E-state index in [9.17, 15) is 9.59 Å². The molecule has 8 nitrogen and oxygen atoms in total. The lowest BCUT2D eigenvalue weighted by atomic mass is 10.0. The Kier molecular flexibility index (Phi) is 11.7. The van der Waals surface area contributed by atoms with E-state index in [2.05, 4.69) is 4.99 Å². The highest BCUT2D eigenvalue weighted by Crippen LogP contribution is 2.18. The summed E-state index contributed by atoms with van der Waals surface area (Å²) in [4.78, 5) is 28.6. The largest absolute Gasteiger partial charge is 0.491 e. The van der Waals surface area contributed by atoms with Gasteiger partial charge in [-0.25, -0.2) is 4.79 Å². The van der Waals surface area contributed by atoms with Crippen LogP contribution in [0.4, 0.5) is 5.69 Å². The zero-order valence-electron chi connectivity index (χ0n) is 22.2. The van der Waals surface area contributed by atoms with E-state index in [1.807, 2.05) is 44.2 Å². The molecule has 39 heavy (non-hydrogen) atoms. The normalized spacial score (nSPS) is 10.8. The van der Waals surface area contributed by atoms with Crippen LogP contribution in [0.3, 0.4) is 0 Å². The average Bonchev–Trinajstić information content (AvgIpc) is 2.97. The second-order valence-electron chi connectivity index (χ2n) is 8.54. The molecule has 0 bridgehead atoms. The second-order valence-corrected chi connectivity index (χ2v) is 8.54. The number of esters is 2. The van der Waals surface area contributed by atoms with Crippen LogP contribution in [0.25, 0.3) is 0 Å². The van der Waals surface area contributed by atoms with Crippen LogP contribution in [0.5, 0.6) is 11.5 Å². The van der Waals surface area contributed by atoms with Crippen LogP contribution in [0.2, 0.25) is 0 Å². The fourth-order valence-electron chi connectivity index (χ4n) is 3.51. The maximum absolute atomic E-state index is 12.3. The van der Waals surface area contributed by atoms with E-state index < -0.39 is 5.97 Å². The first-order valence-corrected chi connectivity index (χ1v) is 12.9. The molecule has 0 radical (unpaired) electrons. The number of carbonyl (C=O) groups excluding carboxylic acids is 2. The summed E-state index contributed by atoms with van der Waals surface area (Å²) in [6, 6.07) is 22.6. The minimum Gasteiger partial charge on any atom is -0.491 e. The summed E-state index contributed by atoms with van der Waals surface area (Å²) >= 11 is 0. The van der Waals surface area contributed by atoms with Crippen molar-refractivity contribution < 1.29 is 28.5 Å². The van der Waals surface area contributed by atoms with Gasteiger partial charge in [0.15, 0.2) is 0 Å². The molecule has 0 amide bonds. The predicted molar refractivity (Wildman–Crippen MR) is 148 cm³/mol. The highest BCUT2D eigenvalue weighted by atomic mass is 16.6. The van der Waals surface area contributed by atoms with Crippen molar-refractivity contribution in [1.29, 1.82) is 5.26 Å². The Hall–Kier alpha value is -4.48. The molecule has 0 fully saturated rings. The molecule has 202 valence electrons. The van der Waals surface area contributed by atoms with Gasteiger partial charge in [-0.3, -0.25) is 9.79 Å². The van der Waals surface area contributed by atoms with Crippen molar-refractivity contribution >= 4 is 23.8 Å². The molecule has 0 aliphatic rings. The van der Waals surface area contributed by atoms with Gasteiger partial charge in [-0.15, -0.1) is 0 Å². The smallest absolute Gasteiger partial charge is 0.343 e. The van der Waals surface area contributed by atoms with Gasteiger partial charge in [0.2, 0.25) is 0 Å². The van der Waals surface area contributed by atoms with E-state index in [-0.39, 0.29) is 18.5 Å². The fourth-order valence-corrected chi connectivity index (χ4v) is 3.51. The molecule has 8 heteroatoms. The number of ether oxygens (including phenoxy) is 4. The van der Waals surface area contributed by atoms with Crippen LogP contribution in [-0.4, -0.2) is 44.6 Å². The quantitative estimate of drug-likeness (QED) is 0.111. The fraction of sp³-hybridized carbons (Fsp3) is 0.290. The van der Waals surface area contributed by atoms with Crippen LogP contribution in [0.15, 0.2) is 77.8 Å². The van der Waals surface area contributed by atoms with Crippen LogP contribution in [0, 0.1) is 17.2 Å². The van der Waals surface area contributed by atoms with Gasteiger partial charge in [0.25, 0.3) is 0 Å². The van der Waals surface area contributed by atoms with Gasteiger partial charge in [0, 0.05) is 6.21 Å². The van der Waals surface area contributed by atoms with Crippen LogP contribution in [-0.2, 0) is 14.3 Å². The molecule has 0 spiro atoms. The third-order valence-electron chi connectivity index (χ3n) is 5.83. The van der Waals surface area contributed by atoms with Gasteiger partial charge in [-0.05, 0) is 91.2 Å². The Morgan fingerprint density at radius 2 is 1.49 bits per heavy atom. The van der Waals surface area contributed by atoms with Gasteiger partial charge >= 0.3 is 11.9 Å². The molecule has 3 rings (SSSR count). The molecule has 0 aliphatic heterocycles. The van der Waals surface area contributed by atoms with Gasteiger partial charge in [0.05, 0.1) is 42.0 Å². The van der Waals surface area contributed by atoms with E-state index >= 15 is 0 Å². The topological polar surface area (TPSA) is 107 Å². The van der Waals surface area contributed by atoms with Crippen molar-refractivity contribution in [2.24, 2.45) is 10.9 Å². The number of nitriles is 1. The molecular formula is C31H32N2O6. The highest BCUT2D eigenvalue weighted by molar-refractivity contribution is 5.91. The van der Waals surface area contributed by atoms with E-state index in [0.717, 1.165) is 18.4 Å². The Bertz CT molecular complexity index is 1260. The minimum atomic E-state index is -0.489. The zero-order valence-corrected chi connectivity index (χ0v) is 22.2. The van der Waals surface area contributed by atoms with Gasteiger partial charge in [-0.1, -0.05) is 13.8 Å². The van der Waals surface area contributed by atoms with Crippen LogP contribution in [0.1, 0.15) is 48.2 Å². The number of carbonyl (C=O) groups is 2. The monoisotopic (exact) mass is 528 g/mol. The number of nitrogens with zero attached hydrogens (tertiary/aromatic N) is 2. The SMILES string of the molecule is CCC(CC)C(=O)OCCOCCOc1ccc(C=Nc2ccc(C(=O)Oc3ccc(C#N)cc3)cc2)cc1. The summed E-state index contributed by atoms with van der Waals surface area (Å²) in [7, 11) is 0. The Morgan fingerprint density at radius 1 is 0.846 bits per heavy atom. The molecule has 0 aromatic heterocycles. The van der Waals surface area contributed by atoms with Crippen molar-refractivity contribution in [3.05, 3.63) is 89.5 Å². The highest BCUT2D eigenvalue weighted by Gasteiger charge is 2.15. The molecule has 0 saturated carbocycles. The molecule has 0 unspecified atom stereocenters. The van der Waals surface area contributed by atoms with Crippen molar-refractivity contribution in [3.8, 4) is 17.6 Å². The average molecular weight is 529 g/mol. The minimum absolute atomic E-state index is 0.0420. The first-order chi connectivity index (χ1) is 19.0. The van der Waals surface area contributed by atoms with Crippen molar-refractivity contribution in [1.82, 2.24) is 0 Å². The van der Waals surface area contributed by atoms with Crippen molar-refractivity contribution in [2.45, 2.75) is 26.7 Å². The van der Waals surface area contributed by atoms with Crippen molar-refractivity contribution in [2.75, 3.05) is 26.4 Å². The molecule has 0 heterocycles. The zero-order chi connectivity index (χ0) is 27.9. The van der Waals surface area contributed by atoms with E-state index in [1.54, 1.807) is 54.7 Å². The lowest BCUT2D eigenvalue weighted by molar-refractivity contribution is -0.150. The lowest BCUT2D eigenvalue weighted by Gasteiger charge is -2.12. The maximum atomic E-state index is 12.3. The molecule has 0 N–H and O–H groups in total. The first kappa shape index (κ1) is 29.1. The summed E-state index contributed by atoms with van der Waals surface area (Å²) in [5, 5.41) is 8.85. The molecule has 3 aromatic carbocycles. The van der Waals surface area contributed by atoms with Crippen LogP contribution >= 0.6 is 0 Å². The Balaban J connectivity index is 1.37. The number of hydrogen-bond acceptors (Lipinski definition) is 8. The van der Waals surface area contributed by atoms with E-state index in [0.29, 0.717) is 48.1 Å². The third kappa shape index (κ3) is 9.72. The molecule has 3 aromatic rings. The number of benzene rings is 3. The standard InChI is InChI=1S/C31H32N2O6/c1-3-25(4-2)30(34)38-20-18-36-17-19-37-28-13-7-24(8-14-28)22-33-27-11-9-26(10-12-27)31(35)39-29-15-5-23(21-32)6-16-29/h5-16,22,25H,3-4,17-20H2,1-2H3. The van der Waals surface area contributed by atoms with Gasteiger partial charge in [0.1, 0.15) is 24.7 Å². The van der Waals surface area contributed by atoms with Crippen molar-refractivity contribution in [3.63, 3.8) is 0 Å². The first-order valence-electron chi connectivity index (χ1n) is 12.9. The molecule has 0 atom stereocenters. The second kappa shape index (κ2) is 15.7. The van der Waals surface area contributed by atoms with E-state index in [1.165, 1.54) is 0 Å². The molecule has 0 saturated heterocycles. The predicted octanol–water partition coefficient (Wildman–Crippen LogP) is 5.90. The summed E-state index contributed by atoms with van der Waals surface area (Å²) in [5.74, 6) is 0.384. The summed E-state index contributed by atoms with van der Waals surface area (Å²) in [6.07, 6.45) is 3.28. The lowest BCUT2D eigenvalue weighted by Crippen LogP contribution is -2.19. The van der Waals surface area contributed by atoms with Gasteiger partial charge in [-0.2, -0.15) is 5.26 Å². The van der Waals surface area contributed by atoms with Gasteiger partial charge < -0.3 is 18.9 Å². The van der Waals surface area contributed by atoms with Crippen LogP contribution < -0.4 is 9.47 Å². The third-order valence-corrected chi connectivity index (χ3v) is 5.83. The number of hydrogen-bond donors (Lipinski definition) is 0. The molecule has 0 aliphatic carbocycles. The number of rotatable bonds is 14. The maximum Gasteiger partial charge on any atom is 0.343 e. The summed E-state index contributed by atoms with van der Waals surface area (Å²) in [6.45, 7) is 5.31. The molecular weight excluding hydrogens is 496 g/mol. The Labute approximate surface area is 228 Å². The Morgan fingerprint density at radius 3 is 2.13 bits per heavy atom. The summed E-state index contributed by atoms with van der Waals surface area (Å²) in [5.41, 5.74) is 2.47. The van der Waals surface area contributed by atoms with E-state index in [4.69, 9.17) is 24.2 Å².